The summed E-state index contributed by atoms with van der Waals surface area (Å²) in [5, 5.41) is 12.5. The SMILES string of the molecule is Cc1c(Cl)cccc1-c1ccc2c(c1)CC(C)(C)C2NC(=O)O. The lowest BCUT2D eigenvalue weighted by Crippen LogP contribution is -2.34. The number of rotatable bonds is 2. The van der Waals surface area contributed by atoms with Crippen molar-refractivity contribution in [1.82, 2.24) is 5.32 Å². The van der Waals surface area contributed by atoms with Gasteiger partial charge >= 0.3 is 6.09 Å². The number of fused-ring (bicyclic) bond motifs is 1. The first-order chi connectivity index (χ1) is 10.8. The number of nitrogens with one attached hydrogen (secondary N) is 1. The maximum absolute atomic E-state index is 11.1. The Bertz CT molecular complexity index is 783. The quantitative estimate of drug-likeness (QED) is 0.795. The van der Waals surface area contributed by atoms with Gasteiger partial charge < -0.3 is 10.4 Å². The molecule has 0 bridgehead atoms. The molecule has 120 valence electrons. The number of hydrogen-bond acceptors (Lipinski definition) is 1. The first kappa shape index (κ1) is 15.9. The summed E-state index contributed by atoms with van der Waals surface area (Å²) in [4.78, 5) is 11.1. The lowest BCUT2D eigenvalue weighted by molar-refractivity contribution is 0.175. The van der Waals surface area contributed by atoms with E-state index in [0.29, 0.717) is 0 Å². The van der Waals surface area contributed by atoms with Crippen LogP contribution in [0.3, 0.4) is 0 Å². The molecule has 1 aliphatic rings. The van der Waals surface area contributed by atoms with Gasteiger partial charge in [-0.15, -0.1) is 0 Å². The Hall–Kier alpha value is -2.00. The van der Waals surface area contributed by atoms with Crippen LogP contribution in [-0.2, 0) is 6.42 Å². The zero-order valence-corrected chi connectivity index (χ0v) is 14.2. The highest BCUT2D eigenvalue weighted by Gasteiger charge is 2.40. The molecule has 0 spiro atoms. The number of halogens is 1. The van der Waals surface area contributed by atoms with Gasteiger partial charge in [0, 0.05) is 5.02 Å². The van der Waals surface area contributed by atoms with Crippen LogP contribution >= 0.6 is 11.6 Å². The Morgan fingerprint density at radius 1 is 1.30 bits per heavy atom. The van der Waals surface area contributed by atoms with E-state index in [4.69, 9.17) is 16.7 Å². The molecule has 0 radical (unpaired) electrons. The molecule has 3 rings (SSSR count). The second-order valence-corrected chi connectivity index (χ2v) is 7.28. The number of amides is 1. The summed E-state index contributed by atoms with van der Waals surface area (Å²) in [6.45, 7) is 6.21. The zero-order valence-electron chi connectivity index (χ0n) is 13.5. The smallest absolute Gasteiger partial charge is 0.405 e. The van der Waals surface area contributed by atoms with Gasteiger partial charge in [0.05, 0.1) is 6.04 Å². The van der Waals surface area contributed by atoms with Gasteiger partial charge in [0.25, 0.3) is 0 Å². The van der Waals surface area contributed by atoms with Crippen molar-refractivity contribution in [3.63, 3.8) is 0 Å². The molecule has 0 saturated heterocycles. The predicted molar refractivity (Wildman–Crippen MR) is 93.0 cm³/mol. The maximum atomic E-state index is 11.1. The van der Waals surface area contributed by atoms with E-state index in [1.165, 1.54) is 5.56 Å². The fraction of sp³-hybridized carbons (Fsp3) is 0.316. The van der Waals surface area contributed by atoms with Gasteiger partial charge in [-0.3, -0.25) is 0 Å². The third-order valence-corrected chi connectivity index (χ3v) is 5.14. The molecule has 2 aromatic rings. The molecule has 4 heteroatoms. The van der Waals surface area contributed by atoms with Gasteiger partial charge in [-0.05, 0) is 52.6 Å². The molecule has 0 fully saturated rings. The molecule has 1 amide bonds. The molecule has 0 aromatic heterocycles. The monoisotopic (exact) mass is 329 g/mol. The van der Waals surface area contributed by atoms with Crippen LogP contribution in [0.5, 0.6) is 0 Å². The molecule has 0 saturated carbocycles. The van der Waals surface area contributed by atoms with Crippen LogP contribution in [0.2, 0.25) is 5.02 Å². The Kier molecular flexibility index (Phi) is 3.85. The van der Waals surface area contributed by atoms with E-state index in [0.717, 1.165) is 33.7 Å². The molecule has 1 atom stereocenters. The van der Waals surface area contributed by atoms with E-state index in [9.17, 15) is 4.79 Å². The first-order valence-electron chi connectivity index (χ1n) is 7.67. The van der Waals surface area contributed by atoms with Crippen molar-refractivity contribution in [3.05, 3.63) is 58.1 Å². The van der Waals surface area contributed by atoms with Gasteiger partial charge in [0.1, 0.15) is 0 Å². The van der Waals surface area contributed by atoms with Crippen LogP contribution in [0.4, 0.5) is 4.79 Å². The van der Waals surface area contributed by atoms with Crippen LogP contribution in [0.1, 0.15) is 36.6 Å². The van der Waals surface area contributed by atoms with Gasteiger partial charge in [0.2, 0.25) is 0 Å². The van der Waals surface area contributed by atoms with Crippen molar-refractivity contribution in [3.8, 4) is 11.1 Å². The van der Waals surface area contributed by atoms with Crippen LogP contribution in [0.15, 0.2) is 36.4 Å². The molecule has 2 aromatic carbocycles. The summed E-state index contributed by atoms with van der Waals surface area (Å²) in [7, 11) is 0. The van der Waals surface area contributed by atoms with E-state index in [1.807, 2.05) is 25.1 Å². The highest BCUT2D eigenvalue weighted by atomic mass is 35.5. The van der Waals surface area contributed by atoms with Crippen molar-refractivity contribution < 1.29 is 9.90 Å². The molecule has 0 heterocycles. The number of carboxylic acid groups (broad SMARTS) is 1. The highest BCUT2D eigenvalue weighted by Crippen LogP contribution is 2.46. The lowest BCUT2D eigenvalue weighted by Gasteiger charge is -2.27. The van der Waals surface area contributed by atoms with E-state index < -0.39 is 6.09 Å². The Morgan fingerprint density at radius 3 is 2.74 bits per heavy atom. The zero-order chi connectivity index (χ0) is 16.8. The minimum Gasteiger partial charge on any atom is -0.465 e. The van der Waals surface area contributed by atoms with Crippen molar-refractivity contribution in [2.45, 2.75) is 33.2 Å². The van der Waals surface area contributed by atoms with Crippen LogP contribution in [0.25, 0.3) is 11.1 Å². The summed E-state index contributed by atoms with van der Waals surface area (Å²) in [6.07, 6.45) is -0.133. The molecule has 1 unspecified atom stereocenters. The van der Waals surface area contributed by atoms with Crippen LogP contribution in [-0.4, -0.2) is 11.2 Å². The average Bonchev–Trinajstić information content (AvgIpc) is 2.71. The van der Waals surface area contributed by atoms with E-state index in [2.05, 4.69) is 37.4 Å². The molecule has 3 nitrogen and oxygen atoms in total. The second-order valence-electron chi connectivity index (χ2n) is 6.87. The standard InChI is InChI=1S/C19H20ClNO2/c1-11-14(5-4-6-16(11)20)12-7-8-15-13(9-12)10-19(2,3)17(15)21-18(22)23/h4-9,17,21H,10H2,1-3H3,(H,22,23). The second kappa shape index (κ2) is 5.57. The highest BCUT2D eigenvalue weighted by molar-refractivity contribution is 6.31. The maximum Gasteiger partial charge on any atom is 0.405 e. The van der Waals surface area contributed by atoms with Crippen LogP contribution in [0, 0.1) is 12.3 Å². The molecule has 1 aliphatic carbocycles. The summed E-state index contributed by atoms with van der Waals surface area (Å²) >= 11 is 6.23. The number of benzene rings is 2. The normalized spacial score (nSPS) is 18.5. The fourth-order valence-electron chi connectivity index (χ4n) is 3.54. The third-order valence-electron chi connectivity index (χ3n) is 4.73. The largest absolute Gasteiger partial charge is 0.465 e. The Balaban J connectivity index is 2.05. The van der Waals surface area contributed by atoms with Crippen molar-refractivity contribution in [1.29, 1.82) is 0 Å². The van der Waals surface area contributed by atoms with Gasteiger partial charge in [-0.25, -0.2) is 4.79 Å². The average molecular weight is 330 g/mol. The lowest BCUT2D eigenvalue weighted by atomic mass is 9.85. The fourth-order valence-corrected chi connectivity index (χ4v) is 3.71. The van der Waals surface area contributed by atoms with E-state index in [-0.39, 0.29) is 11.5 Å². The predicted octanol–water partition coefficient (Wildman–Crippen LogP) is 5.21. The van der Waals surface area contributed by atoms with Gasteiger partial charge in [-0.2, -0.15) is 0 Å². The van der Waals surface area contributed by atoms with Crippen molar-refractivity contribution in [2.24, 2.45) is 5.41 Å². The van der Waals surface area contributed by atoms with Gasteiger partial charge in [-0.1, -0.05) is 55.8 Å². The van der Waals surface area contributed by atoms with E-state index >= 15 is 0 Å². The number of hydrogen-bond donors (Lipinski definition) is 2. The molecular formula is C19H20ClNO2. The minimum atomic E-state index is -0.981. The number of carbonyl (C=O) groups is 1. The molecule has 0 aliphatic heterocycles. The molecular weight excluding hydrogens is 310 g/mol. The summed E-state index contributed by atoms with van der Waals surface area (Å²) in [5.41, 5.74) is 5.43. The Labute approximate surface area is 141 Å². The Morgan fingerprint density at radius 2 is 2.04 bits per heavy atom. The minimum absolute atomic E-state index is 0.136. The third kappa shape index (κ3) is 2.81. The summed E-state index contributed by atoms with van der Waals surface area (Å²) < 4.78 is 0. The molecule has 23 heavy (non-hydrogen) atoms. The van der Waals surface area contributed by atoms with Crippen molar-refractivity contribution >= 4 is 17.7 Å². The summed E-state index contributed by atoms with van der Waals surface area (Å²) in [5.74, 6) is 0. The van der Waals surface area contributed by atoms with Gasteiger partial charge in [0.15, 0.2) is 0 Å². The topological polar surface area (TPSA) is 49.3 Å². The first-order valence-corrected chi connectivity index (χ1v) is 8.05. The molecule has 2 N–H and O–H groups in total. The summed E-state index contributed by atoms with van der Waals surface area (Å²) in [6, 6.07) is 12.0. The van der Waals surface area contributed by atoms with E-state index in [1.54, 1.807) is 0 Å². The van der Waals surface area contributed by atoms with Crippen molar-refractivity contribution in [2.75, 3.05) is 0 Å². The van der Waals surface area contributed by atoms with Crippen LogP contribution < -0.4 is 5.32 Å².